The van der Waals surface area contributed by atoms with E-state index in [1.165, 1.54) is 62.6 Å². The second-order valence-electron chi connectivity index (χ2n) is 10.7. The van der Waals surface area contributed by atoms with Gasteiger partial charge in [-0.3, -0.25) is 0 Å². The molecule has 5 heteroatoms. The van der Waals surface area contributed by atoms with E-state index in [9.17, 15) is 13.6 Å². The minimum atomic E-state index is -1.21. The number of hydrogen-bond acceptors (Lipinski definition) is 3. The topological polar surface area (TPSA) is 35.5 Å². The van der Waals surface area contributed by atoms with E-state index in [2.05, 4.69) is 20.8 Å². The molecule has 1 fully saturated rings. The lowest BCUT2D eigenvalue weighted by atomic mass is 9.61. The number of unbranched alkanes of at least 4 members (excludes halogenated alkanes) is 5. The molecule has 1 aliphatic carbocycles. The van der Waals surface area contributed by atoms with Crippen LogP contribution in [0.2, 0.25) is 0 Å². The monoisotopic (exact) mass is 514 g/mol. The molecule has 0 amide bonds. The van der Waals surface area contributed by atoms with Gasteiger partial charge < -0.3 is 9.47 Å². The molecular weight excluding hydrogens is 470 g/mol. The normalized spacial score (nSPS) is 15.8. The number of esters is 1. The van der Waals surface area contributed by atoms with Gasteiger partial charge in [-0.25, -0.2) is 4.79 Å². The highest BCUT2D eigenvalue weighted by atomic mass is 19.2. The maximum absolute atomic E-state index is 14.6. The Balaban J connectivity index is 1.62. The van der Waals surface area contributed by atoms with Gasteiger partial charge in [0.05, 0.1) is 12.2 Å². The van der Waals surface area contributed by atoms with E-state index in [0.717, 1.165) is 38.5 Å². The van der Waals surface area contributed by atoms with Gasteiger partial charge in [-0.15, -0.1) is 0 Å². The number of benzene rings is 2. The van der Waals surface area contributed by atoms with Crippen LogP contribution in [-0.2, 0) is 5.41 Å². The van der Waals surface area contributed by atoms with Crippen LogP contribution in [0.5, 0.6) is 11.5 Å². The second-order valence-corrected chi connectivity index (χ2v) is 10.7. The lowest BCUT2D eigenvalue weighted by molar-refractivity contribution is 0.0726. The third-order valence-corrected chi connectivity index (χ3v) is 8.08. The number of carbonyl (C=O) groups excluding carboxylic acids is 1. The number of halogens is 2. The van der Waals surface area contributed by atoms with Crippen molar-refractivity contribution in [3.8, 4) is 11.5 Å². The number of hydrogen-bond donors (Lipinski definition) is 0. The molecule has 1 aliphatic rings. The van der Waals surface area contributed by atoms with E-state index in [4.69, 9.17) is 9.47 Å². The van der Waals surface area contributed by atoms with Crippen LogP contribution >= 0.6 is 0 Å². The molecule has 0 bridgehead atoms. The Kier molecular flexibility index (Phi) is 11.4. The van der Waals surface area contributed by atoms with Crippen LogP contribution in [0, 0.1) is 17.6 Å². The summed E-state index contributed by atoms with van der Waals surface area (Å²) >= 11 is 0. The Bertz CT molecular complexity index is 980. The molecule has 2 aromatic carbocycles. The predicted octanol–water partition coefficient (Wildman–Crippen LogP) is 9.56. The molecule has 204 valence electrons. The summed E-state index contributed by atoms with van der Waals surface area (Å²) < 4.78 is 39.8. The fourth-order valence-electron chi connectivity index (χ4n) is 5.82. The molecule has 1 saturated carbocycles. The molecule has 2 aromatic rings. The molecule has 0 aliphatic heterocycles. The summed E-state index contributed by atoms with van der Waals surface area (Å²) in [4.78, 5) is 12.7. The molecule has 0 saturated heterocycles. The SMILES string of the molecule is CCCCCCCCOc1ccc(OC(=O)c2ccc(C3(C(C)CCC)CCCCC3)cc2)c(F)c1F. The summed E-state index contributed by atoms with van der Waals surface area (Å²) in [6.07, 6.45) is 14.8. The lowest BCUT2D eigenvalue weighted by Gasteiger charge is -2.43. The number of ether oxygens (including phenoxy) is 2. The fourth-order valence-corrected chi connectivity index (χ4v) is 5.82. The van der Waals surface area contributed by atoms with Crippen LogP contribution in [-0.4, -0.2) is 12.6 Å². The van der Waals surface area contributed by atoms with Crippen LogP contribution in [0.1, 0.15) is 120 Å². The summed E-state index contributed by atoms with van der Waals surface area (Å²) in [5.41, 5.74) is 1.71. The number of carbonyl (C=O) groups is 1. The van der Waals surface area contributed by atoms with Crippen molar-refractivity contribution in [1.29, 1.82) is 0 Å². The average molecular weight is 515 g/mol. The number of rotatable bonds is 14. The van der Waals surface area contributed by atoms with Crippen LogP contribution in [0.25, 0.3) is 0 Å². The molecule has 0 N–H and O–H groups in total. The van der Waals surface area contributed by atoms with E-state index in [1.807, 2.05) is 12.1 Å². The molecule has 0 aromatic heterocycles. The highest BCUT2D eigenvalue weighted by Gasteiger charge is 2.38. The average Bonchev–Trinajstić information content (AvgIpc) is 2.92. The summed E-state index contributed by atoms with van der Waals surface area (Å²) in [5, 5.41) is 0. The zero-order valence-electron chi connectivity index (χ0n) is 22.9. The van der Waals surface area contributed by atoms with Gasteiger partial charge in [0, 0.05) is 0 Å². The quantitative estimate of drug-likeness (QED) is 0.143. The highest BCUT2D eigenvalue weighted by Crippen LogP contribution is 2.46. The van der Waals surface area contributed by atoms with E-state index in [1.54, 1.807) is 12.1 Å². The largest absolute Gasteiger partial charge is 0.490 e. The van der Waals surface area contributed by atoms with Crippen LogP contribution < -0.4 is 9.47 Å². The first-order valence-corrected chi connectivity index (χ1v) is 14.4. The molecule has 0 radical (unpaired) electrons. The molecule has 1 unspecified atom stereocenters. The lowest BCUT2D eigenvalue weighted by Crippen LogP contribution is -2.36. The van der Waals surface area contributed by atoms with Crippen LogP contribution in [0.4, 0.5) is 8.78 Å². The molecule has 1 atom stereocenters. The predicted molar refractivity (Wildman–Crippen MR) is 145 cm³/mol. The van der Waals surface area contributed by atoms with Gasteiger partial charge in [0.25, 0.3) is 0 Å². The summed E-state index contributed by atoms with van der Waals surface area (Å²) in [7, 11) is 0. The van der Waals surface area contributed by atoms with Crippen molar-refractivity contribution in [3.63, 3.8) is 0 Å². The maximum Gasteiger partial charge on any atom is 0.343 e. The molecule has 3 rings (SSSR count). The van der Waals surface area contributed by atoms with E-state index >= 15 is 0 Å². The summed E-state index contributed by atoms with van der Waals surface area (Å²) in [6.45, 7) is 7.06. The fraction of sp³-hybridized carbons (Fsp3) is 0.594. The smallest absolute Gasteiger partial charge is 0.343 e. The van der Waals surface area contributed by atoms with Crippen molar-refractivity contribution in [2.45, 2.75) is 110 Å². The van der Waals surface area contributed by atoms with Crippen molar-refractivity contribution in [2.75, 3.05) is 6.61 Å². The van der Waals surface area contributed by atoms with Gasteiger partial charge in [-0.1, -0.05) is 97.1 Å². The highest BCUT2D eigenvalue weighted by molar-refractivity contribution is 5.91. The Labute approximate surface area is 222 Å². The van der Waals surface area contributed by atoms with Gasteiger partial charge in [0.15, 0.2) is 11.5 Å². The first-order valence-electron chi connectivity index (χ1n) is 14.4. The summed E-state index contributed by atoms with van der Waals surface area (Å²) in [6, 6.07) is 10.1. The van der Waals surface area contributed by atoms with Crippen molar-refractivity contribution < 1.29 is 23.0 Å². The van der Waals surface area contributed by atoms with Crippen molar-refractivity contribution in [2.24, 2.45) is 5.92 Å². The standard InChI is InChI=1S/C32H44F2O3/c1-4-6-7-8-9-13-23-36-27-19-20-28(30(34)29(27)33)37-31(35)25-15-17-26(18-16-25)32(24(3)14-5-2)21-11-10-12-22-32/h15-20,24H,4-14,21-23H2,1-3H3. The Hall–Kier alpha value is -2.43. The van der Waals surface area contributed by atoms with E-state index in [-0.39, 0.29) is 11.2 Å². The zero-order chi connectivity index (χ0) is 26.7. The van der Waals surface area contributed by atoms with E-state index in [0.29, 0.717) is 18.1 Å². The summed E-state index contributed by atoms with van der Waals surface area (Å²) in [5.74, 6) is -3.07. The Morgan fingerprint density at radius 3 is 2.14 bits per heavy atom. The molecule has 3 nitrogen and oxygen atoms in total. The molecule has 0 spiro atoms. The first-order chi connectivity index (χ1) is 17.9. The van der Waals surface area contributed by atoms with Gasteiger partial charge in [-0.2, -0.15) is 8.78 Å². The van der Waals surface area contributed by atoms with Gasteiger partial charge in [0.2, 0.25) is 11.6 Å². The maximum atomic E-state index is 14.6. The minimum Gasteiger partial charge on any atom is -0.490 e. The van der Waals surface area contributed by atoms with E-state index < -0.39 is 23.4 Å². The zero-order valence-corrected chi connectivity index (χ0v) is 22.9. The van der Waals surface area contributed by atoms with Crippen LogP contribution in [0.15, 0.2) is 36.4 Å². The Morgan fingerprint density at radius 1 is 0.838 bits per heavy atom. The van der Waals surface area contributed by atoms with Crippen molar-refractivity contribution in [1.82, 2.24) is 0 Å². The van der Waals surface area contributed by atoms with Crippen molar-refractivity contribution in [3.05, 3.63) is 59.2 Å². The Morgan fingerprint density at radius 2 is 1.46 bits per heavy atom. The first kappa shape index (κ1) is 29.1. The third-order valence-electron chi connectivity index (χ3n) is 8.08. The second kappa shape index (κ2) is 14.5. The van der Waals surface area contributed by atoms with Gasteiger partial charge >= 0.3 is 5.97 Å². The van der Waals surface area contributed by atoms with Crippen molar-refractivity contribution >= 4 is 5.97 Å². The molecular formula is C32H44F2O3. The molecule has 37 heavy (non-hydrogen) atoms. The minimum absolute atomic E-state index is 0.136. The molecule has 0 heterocycles. The van der Waals surface area contributed by atoms with Crippen LogP contribution in [0.3, 0.4) is 0 Å². The van der Waals surface area contributed by atoms with Gasteiger partial charge in [0.1, 0.15) is 0 Å². The third kappa shape index (κ3) is 7.55. The van der Waals surface area contributed by atoms with Gasteiger partial charge in [-0.05, 0) is 60.4 Å².